The Bertz CT molecular complexity index is 783. The van der Waals surface area contributed by atoms with Crippen LogP contribution in [0.1, 0.15) is 30.9 Å². The van der Waals surface area contributed by atoms with Crippen LogP contribution in [0.5, 0.6) is 0 Å². The number of rotatable bonds is 9. The van der Waals surface area contributed by atoms with Crippen LogP contribution in [0.15, 0.2) is 59.5 Å². The molecule has 0 heterocycles. The van der Waals surface area contributed by atoms with E-state index in [0.717, 1.165) is 11.1 Å². The maximum Gasteiger partial charge on any atom is 0.178 e. The van der Waals surface area contributed by atoms with Crippen LogP contribution in [-0.2, 0) is 21.2 Å². The average Bonchev–Trinajstić information content (AvgIpc) is 2.60. The van der Waals surface area contributed by atoms with Crippen LogP contribution >= 0.6 is 0 Å². The van der Waals surface area contributed by atoms with E-state index in [1.54, 1.807) is 24.3 Å². The summed E-state index contributed by atoms with van der Waals surface area (Å²) < 4.78 is 24.6. The molecule has 0 amide bonds. The third-order valence-corrected chi connectivity index (χ3v) is 5.79. The van der Waals surface area contributed by atoms with Crippen molar-refractivity contribution in [3.63, 3.8) is 0 Å². The zero-order chi connectivity index (χ0) is 18.3. The van der Waals surface area contributed by atoms with Crippen LogP contribution in [-0.4, -0.2) is 26.0 Å². The molecule has 0 radical (unpaired) electrons. The molecule has 134 valence electrons. The Balaban J connectivity index is 1.78. The molecule has 1 unspecified atom stereocenters. The highest BCUT2D eigenvalue weighted by molar-refractivity contribution is 7.91. The van der Waals surface area contributed by atoms with Crippen LogP contribution < -0.4 is 5.32 Å². The number of benzene rings is 2. The Morgan fingerprint density at radius 1 is 1.04 bits per heavy atom. The van der Waals surface area contributed by atoms with Crippen molar-refractivity contribution >= 4 is 15.6 Å². The molecule has 0 saturated carbocycles. The number of aryl methyl sites for hydroxylation is 1. The minimum absolute atomic E-state index is 0.00906. The number of sulfone groups is 1. The number of hydrogen-bond acceptors (Lipinski definition) is 4. The Morgan fingerprint density at radius 3 is 2.32 bits per heavy atom. The molecule has 0 aliphatic heterocycles. The highest BCUT2D eigenvalue weighted by Gasteiger charge is 2.17. The molecule has 1 atom stereocenters. The number of hydrogen-bond donors (Lipinski definition) is 1. The minimum Gasteiger partial charge on any atom is -0.310 e. The van der Waals surface area contributed by atoms with Gasteiger partial charge in [0.1, 0.15) is 5.78 Å². The van der Waals surface area contributed by atoms with Gasteiger partial charge in [-0.05, 0) is 31.5 Å². The number of carbonyl (C=O) groups is 1. The molecule has 0 aromatic heterocycles. The zero-order valence-electron chi connectivity index (χ0n) is 14.7. The van der Waals surface area contributed by atoms with Crippen LogP contribution in [0.3, 0.4) is 0 Å². The SMILES string of the molecule is Cc1ccc(S(=O)(=O)CCC(=O)CC(C)NCc2ccccc2)cc1. The van der Waals surface area contributed by atoms with E-state index in [0.29, 0.717) is 13.0 Å². The van der Waals surface area contributed by atoms with Gasteiger partial charge in [0.15, 0.2) is 9.84 Å². The molecule has 4 nitrogen and oxygen atoms in total. The molecule has 25 heavy (non-hydrogen) atoms. The van der Waals surface area contributed by atoms with Crippen molar-refractivity contribution in [3.8, 4) is 0 Å². The molecule has 5 heteroatoms. The maximum atomic E-state index is 12.3. The van der Waals surface area contributed by atoms with Gasteiger partial charge in [-0.2, -0.15) is 0 Å². The fraction of sp³-hybridized carbons (Fsp3) is 0.350. The molecule has 0 fully saturated rings. The molecule has 2 rings (SSSR count). The lowest BCUT2D eigenvalue weighted by atomic mass is 10.1. The van der Waals surface area contributed by atoms with E-state index in [-0.39, 0.29) is 28.9 Å². The molecule has 1 N–H and O–H groups in total. The summed E-state index contributed by atoms with van der Waals surface area (Å²) >= 11 is 0. The molecular weight excluding hydrogens is 334 g/mol. The second-order valence-corrected chi connectivity index (χ2v) is 8.50. The first kappa shape index (κ1) is 19.3. The molecule has 0 bridgehead atoms. The molecule has 2 aromatic carbocycles. The van der Waals surface area contributed by atoms with Gasteiger partial charge in [-0.3, -0.25) is 4.79 Å². The largest absolute Gasteiger partial charge is 0.310 e. The number of carbonyl (C=O) groups excluding carboxylic acids is 1. The Labute approximate surface area is 150 Å². The summed E-state index contributed by atoms with van der Waals surface area (Å²) in [5.41, 5.74) is 2.16. The fourth-order valence-electron chi connectivity index (χ4n) is 2.52. The van der Waals surface area contributed by atoms with E-state index in [2.05, 4.69) is 5.32 Å². The van der Waals surface area contributed by atoms with E-state index in [9.17, 15) is 13.2 Å². The number of ketones is 1. The minimum atomic E-state index is -3.40. The predicted molar refractivity (Wildman–Crippen MR) is 100 cm³/mol. The van der Waals surface area contributed by atoms with Crippen molar-refractivity contribution in [1.82, 2.24) is 5.32 Å². The Morgan fingerprint density at radius 2 is 1.68 bits per heavy atom. The van der Waals surface area contributed by atoms with Gasteiger partial charge in [0.2, 0.25) is 0 Å². The molecule has 0 aliphatic rings. The molecule has 0 aliphatic carbocycles. The first-order valence-corrected chi connectivity index (χ1v) is 10.1. The standard InChI is InChI=1S/C20H25NO3S/c1-16-8-10-20(11-9-16)25(23,24)13-12-19(22)14-17(2)21-15-18-6-4-3-5-7-18/h3-11,17,21H,12-15H2,1-2H3. The quantitative estimate of drug-likeness (QED) is 0.746. The summed E-state index contributed by atoms with van der Waals surface area (Å²) in [5.74, 6) is -0.177. The number of nitrogens with one attached hydrogen (secondary N) is 1. The summed E-state index contributed by atoms with van der Waals surface area (Å²) in [6.45, 7) is 4.54. The van der Waals surface area contributed by atoms with Gasteiger partial charge < -0.3 is 5.32 Å². The Hall–Kier alpha value is -1.98. The second-order valence-electron chi connectivity index (χ2n) is 6.39. The molecule has 0 saturated heterocycles. The third kappa shape index (κ3) is 6.44. The van der Waals surface area contributed by atoms with Crippen molar-refractivity contribution in [2.24, 2.45) is 0 Å². The van der Waals surface area contributed by atoms with Crippen molar-refractivity contribution < 1.29 is 13.2 Å². The summed E-state index contributed by atoms with van der Waals surface area (Å²) in [6.07, 6.45) is 0.379. The average molecular weight is 359 g/mol. The Kier molecular flexibility index (Phi) is 6.91. The smallest absolute Gasteiger partial charge is 0.178 e. The maximum absolute atomic E-state index is 12.3. The van der Waals surface area contributed by atoms with E-state index in [1.165, 1.54) is 0 Å². The lowest BCUT2D eigenvalue weighted by Crippen LogP contribution is -2.28. The van der Waals surface area contributed by atoms with Crippen molar-refractivity contribution in [3.05, 3.63) is 65.7 Å². The van der Waals surface area contributed by atoms with Gasteiger partial charge in [0, 0.05) is 25.4 Å². The summed E-state index contributed by atoms with van der Waals surface area (Å²) in [4.78, 5) is 12.4. The predicted octanol–water partition coefficient (Wildman–Crippen LogP) is 3.30. The van der Waals surface area contributed by atoms with Gasteiger partial charge in [-0.15, -0.1) is 0 Å². The summed E-state index contributed by atoms with van der Waals surface area (Å²) in [6, 6.07) is 16.7. The van der Waals surface area contributed by atoms with E-state index in [1.807, 2.05) is 44.2 Å². The second kappa shape index (κ2) is 8.92. The number of Topliss-reactive ketones (excluding diaryl/α,β-unsaturated/α-hetero) is 1. The van der Waals surface area contributed by atoms with Crippen molar-refractivity contribution in [2.75, 3.05) is 5.75 Å². The van der Waals surface area contributed by atoms with Gasteiger partial charge in [0.05, 0.1) is 10.6 Å². The van der Waals surface area contributed by atoms with Crippen molar-refractivity contribution in [2.45, 2.75) is 44.2 Å². The fourth-order valence-corrected chi connectivity index (χ4v) is 3.80. The van der Waals surface area contributed by atoms with Gasteiger partial charge >= 0.3 is 0 Å². The lowest BCUT2D eigenvalue weighted by Gasteiger charge is -2.13. The van der Waals surface area contributed by atoms with Crippen LogP contribution in [0.2, 0.25) is 0 Å². The van der Waals surface area contributed by atoms with Gasteiger partial charge in [0.25, 0.3) is 0 Å². The first-order valence-electron chi connectivity index (χ1n) is 8.45. The van der Waals surface area contributed by atoms with Crippen LogP contribution in [0, 0.1) is 6.92 Å². The highest BCUT2D eigenvalue weighted by atomic mass is 32.2. The van der Waals surface area contributed by atoms with Crippen molar-refractivity contribution in [1.29, 1.82) is 0 Å². The third-order valence-electron chi connectivity index (χ3n) is 4.06. The monoisotopic (exact) mass is 359 g/mol. The topological polar surface area (TPSA) is 63.2 Å². The summed E-state index contributed by atoms with van der Waals surface area (Å²) in [5, 5.41) is 3.29. The van der Waals surface area contributed by atoms with E-state index in [4.69, 9.17) is 0 Å². The normalized spacial score (nSPS) is 12.7. The molecule has 2 aromatic rings. The van der Waals surface area contributed by atoms with E-state index < -0.39 is 9.84 Å². The first-order chi connectivity index (χ1) is 11.9. The van der Waals surface area contributed by atoms with Gasteiger partial charge in [-0.25, -0.2) is 8.42 Å². The molecule has 0 spiro atoms. The van der Waals surface area contributed by atoms with Crippen LogP contribution in [0.4, 0.5) is 0 Å². The molecular formula is C20H25NO3S. The van der Waals surface area contributed by atoms with Crippen LogP contribution in [0.25, 0.3) is 0 Å². The zero-order valence-corrected chi connectivity index (χ0v) is 15.6. The highest BCUT2D eigenvalue weighted by Crippen LogP contribution is 2.13. The summed E-state index contributed by atoms with van der Waals surface area (Å²) in [7, 11) is -3.40. The lowest BCUT2D eigenvalue weighted by molar-refractivity contribution is -0.119. The van der Waals surface area contributed by atoms with Gasteiger partial charge in [-0.1, -0.05) is 48.0 Å². The van der Waals surface area contributed by atoms with E-state index >= 15 is 0 Å².